The topological polar surface area (TPSA) is 52.8 Å². The average molecular weight is 605 g/mol. The van der Waals surface area contributed by atoms with Gasteiger partial charge >= 0.3 is 0 Å². The molecule has 0 N–H and O–H groups in total. The van der Waals surface area contributed by atoms with Crippen LogP contribution < -0.4 is 0 Å². The molecule has 0 unspecified atom stereocenters. The van der Waals surface area contributed by atoms with Gasteiger partial charge in [-0.2, -0.15) is 0 Å². The fourth-order valence-electron chi connectivity index (χ4n) is 4.60. The number of hydrogen-bond donors (Lipinski definition) is 0. The molecule has 6 rings (SSSR count). The van der Waals surface area contributed by atoms with Gasteiger partial charge in [0.05, 0.1) is 23.9 Å². The van der Waals surface area contributed by atoms with Crippen molar-refractivity contribution in [3.8, 4) is 22.6 Å². The Morgan fingerprint density at radius 1 is 0.944 bits per heavy atom. The van der Waals surface area contributed by atoms with Gasteiger partial charge < -0.3 is 4.74 Å². The van der Waals surface area contributed by atoms with Crippen LogP contribution in [0.1, 0.15) is 18.4 Å². The predicted octanol–water partition coefficient (Wildman–Crippen LogP) is 7.24. The van der Waals surface area contributed by atoms with Crippen LogP contribution in [-0.2, 0) is 17.0 Å². The largest absolute Gasteiger partial charge is 0.376 e. The molecule has 180 valence electrons. The number of thioether (sulfide) groups is 1. The molecule has 3 aromatic carbocycles. The number of para-hydroxylation sites is 1. The smallest absolute Gasteiger partial charge is 0.191 e. The Morgan fingerprint density at radius 3 is 2.56 bits per heavy atom. The molecule has 0 saturated carbocycles. The van der Waals surface area contributed by atoms with Crippen molar-refractivity contribution in [3.05, 3.63) is 94.1 Å². The molecule has 0 bridgehead atoms. The lowest BCUT2D eigenvalue weighted by Crippen LogP contribution is -2.16. The van der Waals surface area contributed by atoms with Crippen LogP contribution in [0.15, 0.2) is 90.1 Å². The Balaban J connectivity index is 1.44. The number of rotatable bonds is 7. The molecule has 1 aliphatic heterocycles. The standard InChI is InChI=1S/C29H25IN4OS/c30-22-14-12-20(13-15-22)19-36-29-33-32-28(34(29)18-23-9-6-16-35-23)25-17-27(21-7-2-1-3-8-21)31-26-11-5-4-10-24(25)26/h1-5,7-8,10-15,17,23H,6,9,16,18-19H2/t23-/m1/s1. The van der Waals surface area contributed by atoms with Crippen molar-refractivity contribution in [1.82, 2.24) is 19.7 Å². The second kappa shape index (κ2) is 10.7. The van der Waals surface area contributed by atoms with Crippen molar-refractivity contribution in [2.75, 3.05) is 6.61 Å². The third-order valence-corrected chi connectivity index (χ3v) is 8.19. The van der Waals surface area contributed by atoms with Gasteiger partial charge in [-0.1, -0.05) is 72.4 Å². The summed E-state index contributed by atoms with van der Waals surface area (Å²) in [5.74, 6) is 1.71. The van der Waals surface area contributed by atoms with Gasteiger partial charge in [-0.25, -0.2) is 4.98 Å². The minimum Gasteiger partial charge on any atom is -0.376 e. The first-order chi connectivity index (χ1) is 17.7. The molecule has 0 spiro atoms. The fourth-order valence-corrected chi connectivity index (χ4v) is 5.86. The summed E-state index contributed by atoms with van der Waals surface area (Å²) in [6.07, 6.45) is 2.34. The highest BCUT2D eigenvalue weighted by molar-refractivity contribution is 14.1. The summed E-state index contributed by atoms with van der Waals surface area (Å²) in [6, 6.07) is 29.4. The van der Waals surface area contributed by atoms with Gasteiger partial charge in [0.15, 0.2) is 11.0 Å². The molecular weight excluding hydrogens is 579 g/mol. The van der Waals surface area contributed by atoms with Crippen LogP contribution in [0.2, 0.25) is 0 Å². The van der Waals surface area contributed by atoms with Gasteiger partial charge in [0, 0.05) is 32.4 Å². The lowest BCUT2D eigenvalue weighted by Gasteiger charge is -2.16. The monoisotopic (exact) mass is 604 g/mol. The summed E-state index contributed by atoms with van der Waals surface area (Å²) >= 11 is 4.07. The van der Waals surface area contributed by atoms with Crippen molar-refractivity contribution < 1.29 is 4.74 Å². The molecule has 1 aliphatic rings. The van der Waals surface area contributed by atoms with Crippen LogP contribution in [0, 0.1) is 3.57 Å². The van der Waals surface area contributed by atoms with E-state index in [9.17, 15) is 0 Å². The van der Waals surface area contributed by atoms with E-state index in [1.54, 1.807) is 11.8 Å². The Hall–Kier alpha value is -2.75. The Bertz CT molecular complexity index is 1480. The Kier molecular flexibility index (Phi) is 7.03. The molecule has 0 aliphatic carbocycles. The van der Waals surface area contributed by atoms with E-state index in [2.05, 4.69) is 92.9 Å². The van der Waals surface area contributed by atoms with Gasteiger partial charge in [-0.05, 0) is 65.3 Å². The normalized spacial score (nSPS) is 15.5. The molecule has 5 aromatic rings. The number of halogens is 1. The van der Waals surface area contributed by atoms with Crippen LogP contribution >= 0.6 is 34.4 Å². The van der Waals surface area contributed by atoms with Crippen molar-refractivity contribution in [2.24, 2.45) is 0 Å². The maximum Gasteiger partial charge on any atom is 0.191 e. The van der Waals surface area contributed by atoms with Crippen molar-refractivity contribution >= 4 is 45.3 Å². The van der Waals surface area contributed by atoms with E-state index in [0.717, 1.165) is 70.5 Å². The summed E-state index contributed by atoms with van der Waals surface area (Å²) in [7, 11) is 0. The third kappa shape index (κ3) is 5.05. The SMILES string of the molecule is Ic1ccc(CSc2nnc(-c3cc(-c4ccccc4)nc4ccccc34)n2C[C@H]2CCCO2)cc1. The summed E-state index contributed by atoms with van der Waals surface area (Å²) in [5.41, 5.74) is 5.29. The van der Waals surface area contributed by atoms with Gasteiger partial charge in [0.1, 0.15) is 0 Å². The molecule has 1 atom stereocenters. The number of aromatic nitrogens is 4. The van der Waals surface area contributed by atoms with E-state index in [4.69, 9.17) is 14.8 Å². The highest BCUT2D eigenvalue weighted by atomic mass is 127. The zero-order chi connectivity index (χ0) is 24.3. The lowest BCUT2D eigenvalue weighted by molar-refractivity contribution is 0.0953. The van der Waals surface area contributed by atoms with Gasteiger partial charge in [-0.15, -0.1) is 10.2 Å². The molecule has 1 saturated heterocycles. The zero-order valence-electron chi connectivity index (χ0n) is 19.7. The highest BCUT2D eigenvalue weighted by Gasteiger charge is 2.23. The highest BCUT2D eigenvalue weighted by Crippen LogP contribution is 2.34. The Labute approximate surface area is 228 Å². The molecule has 36 heavy (non-hydrogen) atoms. The first-order valence-electron chi connectivity index (χ1n) is 12.1. The maximum absolute atomic E-state index is 6.03. The van der Waals surface area contributed by atoms with E-state index in [1.165, 1.54) is 9.13 Å². The quantitative estimate of drug-likeness (QED) is 0.145. The minimum atomic E-state index is 0.180. The second-order valence-corrected chi connectivity index (χ2v) is 11.1. The third-order valence-electron chi connectivity index (χ3n) is 6.43. The Morgan fingerprint density at radius 2 is 1.75 bits per heavy atom. The van der Waals surface area contributed by atoms with Crippen LogP contribution in [0.3, 0.4) is 0 Å². The van der Waals surface area contributed by atoms with Crippen LogP contribution in [0.4, 0.5) is 0 Å². The van der Waals surface area contributed by atoms with Crippen molar-refractivity contribution in [1.29, 1.82) is 0 Å². The van der Waals surface area contributed by atoms with Crippen molar-refractivity contribution in [3.63, 3.8) is 0 Å². The molecule has 5 nitrogen and oxygen atoms in total. The van der Waals surface area contributed by atoms with Gasteiger partial charge in [-0.3, -0.25) is 4.57 Å². The van der Waals surface area contributed by atoms with E-state index < -0.39 is 0 Å². The number of fused-ring (bicyclic) bond motifs is 1. The van der Waals surface area contributed by atoms with Crippen LogP contribution in [0.25, 0.3) is 33.5 Å². The van der Waals surface area contributed by atoms with Gasteiger partial charge in [0.25, 0.3) is 0 Å². The maximum atomic E-state index is 6.03. The van der Waals surface area contributed by atoms with E-state index in [-0.39, 0.29) is 6.10 Å². The van der Waals surface area contributed by atoms with Crippen LogP contribution in [-0.4, -0.2) is 32.5 Å². The lowest BCUT2D eigenvalue weighted by atomic mass is 10.0. The first-order valence-corrected chi connectivity index (χ1v) is 14.2. The van der Waals surface area contributed by atoms with E-state index >= 15 is 0 Å². The van der Waals surface area contributed by atoms with Crippen molar-refractivity contribution in [2.45, 2.75) is 36.4 Å². The molecule has 0 radical (unpaired) electrons. The number of hydrogen-bond acceptors (Lipinski definition) is 5. The predicted molar refractivity (Wildman–Crippen MR) is 154 cm³/mol. The number of nitrogens with zero attached hydrogens (tertiary/aromatic N) is 4. The number of ether oxygens (including phenoxy) is 1. The summed E-state index contributed by atoms with van der Waals surface area (Å²) in [4.78, 5) is 4.97. The molecule has 7 heteroatoms. The molecule has 3 heterocycles. The molecular formula is C29H25IN4OS. The van der Waals surface area contributed by atoms with E-state index in [1.807, 2.05) is 24.3 Å². The molecule has 2 aromatic heterocycles. The number of benzene rings is 3. The minimum absolute atomic E-state index is 0.180. The average Bonchev–Trinajstić information content (AvgIpc) is 3.59. The second-order valence-electron chi connectivity index (χ2n) is 8.91. The summed E-state index contributed by atoms with van der Waals surface area (Å²) in [6.45, 7) is 1.57. The van der Waals surface area contributed by atoms with Gasteiger partial charge in [0.2, 0.25) is 0 Å². The first kappa shape index (κ1) is 23.6. The zero-order valence-corrected chi connectivity index (χ0v) is 22.7. The number of pyridine rings is 1. The van der Waals surface area contributed by atoms with E-state index in [0.29, 0.717) is 0 Å². The molecule has 1 fully saturated rings. The summed E-state index contributed by atoms with van der Waals surface area (Å²) < 4.78 is 9.52. The molecule has 0 amide bonds. The summed E-state index contributed by atoms with van der Waals surface area (Å²) in [5, 5.41) is 11.4. The fraction of sp³-hybridized carbons (Fsp3) is 0.207. The van der Waals surface area contributed by atoms with Crippen LogP contribution in [0.5, 0.6) is 0 Å².